The highest BCUT2D eigenvalue weighted by molar-refractivity contribution is 5.22. The van der Waals surface area contributed by atoms with Gasteiger partial charge in [-0.05, 0) is 24.5 Å². The quantitative estimate of drug-likeness (QED) is 0.592. The summed E-state index contributed by atoms with van der Waals surface area (Å²) < 4.78 is 1.19. The topological polar surface area (TPSA) is 25.2 Å². The Morgan fingerprint density at radius 3 is 2.30 bits per heavy atom. The van der Waals surface area contributed by atoms with E-state index in [-0.39, 0.29) is 0 Å². The van der Waals surface area contributed by atoms with E-state index >= 15 is 0 Å². The molecule has 2 heteroatoms. The summed E-state index contributed by atoms with van der Waals surface area (Å²) in [7, 11) is 0. The zero-order chi connectivity index (χ0) is 7.72. The van der Waals surface area contributed by atoms with Crippen molar-refractivity contribution in [3.63, 3.8) is 0 Å². The minimum Gasteiger partial charge on any atom is -0.429 e. The van der Waals surface area contributed by atoms with E-state index in [2.05, 4.69) is 13.8 Å². The Balaban J connectivity index is 3.10. The van der Waals surface area contributed by atoms with Gasteiger partial charge in [-0.15, -0.1) is 0 Å². The monoisotopic (exact) mass is 139 g/mol. The van der Waals surface area contributed by atoms with E-state index in [4.69, 9.17) is 0 Å². The fraction of sp³-hybridized carbons (Fsp3) is 0.500. The highest BCUT2D eigenvalue weighted by Gasteiger charge is 2.07. The van der Waals surface area contributed by atoms with Gasteiger partial charge in [0.1, 0.15) is 0 Å². The van der Waals surface area contributed by atoms with Crippen molar-refractivity contribution >= 4 is 0 Å². The zero-order valence-electron chi connectivity index (χ0n) is 6.63. The second kappa shape index (κ2) is 2.37. The van der Waals surface area contributed by atoms with Crippen LogP contribution in [0.2, 0.25) is 0 Å². The van der Waals surface area contributed by atoms with Crippen molar-refractivity contribution in [3.8, 4) is 0 Å². The van der Waals surface area contributed by atoms with E-state index in [0.717, 1.165) is 11.3 Å². The van der Waals surface area contributed by atoms with E-state index in [1.165, 1.54) is 4.73 Å². The van der Waals surface area contributed by atoms with Crippen LogP contribution < -0.4 is 0 Å². The smallest absolute Gasteiger partial charge is 0.0621 e. The highest BCUT2D eigenvalue weighted by Crippen LogP contribution is 2.18. The lowest BCUT2D eigenvalue weighted by atomic mass is 10.1. The number of rotatable bonds is 1. The first-order chi connectivity index (χ1) is 4.63. The molecule has 0 aliphatic rings. The third-order valence-corrected chi connectivity index (χ3v) is 1.66. The predicted molar refractivity (Wildman–Crippen MR) is 40.4 cm³/mol. The van der Waals surface area contributed by atoms with Crippen LogP contribution in [0.25, 0.3) is 0 Å². The lowest BCUT2D eigenvalue weighted by Gasteiger charge is -2.06. The second-order valence-corrected chi connectivity index (χ2v) is 2.88. The van der Waals surface area contributed by atoms with Gasteiger partial charge in [-0.25, -0.2) is 0 Å². The summed E-state index contributed by atoms with van der Waals surface area (Å²) in [5, 5.41) is 9.22. The highest BCUT2D eigenvalue weighted by atomic mass is 16.5. The summed E-state index contributed by atoms with van der Waals surface area (Å²) >= 11 is 0. The fourth-order valence-corrected chi connectivity index (χ4v) is 1.25. The molecule has 1 N–H and O–H groups in total. The van der Waals surface area contributed by atoms with E-state index in [1.54, 1.807) is 6.20 Å². The minimum atomic E-state index is 0.389. The third-order valence-electron chi connectivity index (χ3n) is 1.66. The maximum Gasteiger partial charge on any atom is 0.0621 e. The van der Waals surface area contributed by atoms with Crippen LogP contribution in [-0.2, 0) is 0 Å². The Morgan fingerprint density at radius 1 is 1.50 bits per heavy atom. The van der Waals surface area contributed by atoms with Gasteiger partial charge in [-0.1, -0.05) is 13.8 Å². The van der Waals surface area contributed by atoms with Crippen LogP contribution in [0, 0.1) is 6.92 Å². The van der Waals surface area contributed by atoms with E-state index < -0.39 is 0 Å². The molecule has 10 heavy (non-hydrogen) atoms. The normalized spacial score (nSPS) is 10.8. The Labute approximate surface area is 61.1 Å². The van der Waals surface area contributed by atoms with Crippen molar-refractivity contribution in [2.24, 2.45) is 0 Å². The molecule has 0 bridgehead atoms. The average Bonchev–Trinajstić information content (AvgIpc) is 2.11. The molecule has 0 spiro atoms. The van der Waals surface area contributed by atoms with Crippen LogP contribution in [0.15, 0.2) is 12.3 Å². The van der Waals surface area contributed by atoms with Crippen LogP contribution in [0.5, 0.6) is 0 Å². The molecule has 0 saturated heterocycles. The molecule has 0 fully saturated rings. The van der Waals surface area contributed by atoms with Gasteiger partial charge in [0.2, 0.25) is 0 Å². The Morgan fingerprint density at radius 2 is 2.10 bits per heavy atom. The van der Waals surface area contributed by atoms with Gasteiger partial charge in [-0.3, -0.25) is 0 Å². The van der Waals surface area contributed by atoms with E-state index in [0.29, 0.717) is 5.92 Å². The van der Waals surface area contributed by atoms with Crippen molar-refractivity contribution in [2.75, 3.05) is 0 Å². The van der Waals surface area contributed by atoms with Gasteiger partial charge in [0, 0.05) is 6.20 Å². The molecule has 1 heterocycles. The summed E-state index contributed by atoms with van der Waals surface area (Å²) in [5.74, 6) is 0.389. The second-order valence-electron chi connectivity index (χ2n) is 2.88. The molecule has 1 rings (SSSR count). The lowest BCUT2D eigenvalue weighted by Crippen LogP contribution is -1.99. The number of hydrogen-bond acceptors (Lipinski definition) is 1. The van der Waals surface area contributed by atoms with Gasteiger partial charge >= 0.3 is 0 Å². The molecule has 0 atom stereocenters. The van der Waals surface area contributed by atoms with Crippen LogP contribution in [0.1, 0.15) is 31.0 Å². The number of aryl methyl sites for hydroxylation is 1. The summed E-state index contributed by atoms with van der Waals surface area (Å²) in [4.78, 5) is 0. The van der Waals surface area contributed by atoms with Crippen LogP contribution in [0.4, 0.5) is 0 Å². The Hall–Kier alpha value is -0.920. The lowest BCUT2D eigenvalue weighted by molar-refractivity contribution is 0.175. The summed E-state index contributed by atoms with van der Waals surface area (Å²) in [6.07, 6.45) is 1.67. The minimum absolute atomic E-state index is 0.389. The molecular formula is C8H13NO. The molecule has 1 aromatic rings. The molecule has 56 valence electrons. The standard InChI is InChI=1S/C8H13NO/c1-6(2)8-7(3)4-5-9(8)10/h4-6,10H,1-3H3. The fourth-order valence-electron chi connectivity index (χ4n) is 1.25. The van der Waals surface area contributed by atoms with Gasteiger partial charge in [0.25, 0.3) is 0 Å². The maximum absolute atomic E-state index is 9.22. The van der Waals surface area contributed by atoms with Crippen molar-refractivity contribution in [3.05, 3.63) is 23.5 Å². The number of nitrogens with zero attached hydrogens (tertiary/aromatic N) is 1. The maximum atomic E-state index is 9.22. The molecule has 0 radical (unpaired) electrons. The van der Waals surface area contributed by atoms with Gasteiger partial charge in [0.15, 0.2) is 0 Å². The number of hydrogen-bond donors (Lipinski definition) is 1. The van der Waals surface area contributed by atoms with Gasteiger partial charge in [-0.2, -0.15) is 4.73 Å². The summed E-state index contributed by atoms with van der Waals surface area (Å²) in [6, 6.07) is 1.91. The molecule has 1 aromatic heterocycles. The Kier molecular flexibility index (Phi) is 1.70. The molecule has 0 aliphatic heterocycles. The number of aromatic nitrogens is 1. The predicted octanol–water partition coefficient (Wildman–Crippen LogP) is 2.16. The molecular weight excluding hydrogens is 126 g/mol. The van der Waals surface area contributed by atoms with Crippen molar-refractivity contribution in [1.29, 1.82) is 0 Å². The summed E-state index contributed by atoms with van der Waals surface area (Å²) in [6.45, 7) is 6.13. The zero-order valence-corrected chi connectivity index (χ0v) is 6.63. The molecule has 0 amide bonds. The van der Waals surface area contributed by atoms with Crippen LogP contribution in [-0.4, -0.2) is 9.94 Å². The average molecular weight is 139 g/mol. The molecule has 0 aromatic carbocycles. The molecule has 2 nitrogen and oxygen atoms in total. The van der Waals surface area contributed by atoms with Crippen LogP contribution in [0.3, 0.4) is 0 Å². The third kappa shape index (κ3) is 1.01. The first-order valence-corrected chi connectivity index (χ1v) is 3.50. The van der Waals surface area contributed by atoms with Crippen molar-refractivity contribution in [2.45, 2.75) is 26.7 Å². The first kappa shape index (κ1) is 7.19. The van der Waals surface area contributed by atoms with Gasteiger partial charge < -0.3 is 5.21 Å². The molecule has 0 saturated carbocycles. The van der Waals surface area contributed by atoms with E-state index in [9.17, 15) is 5.21 Å². The van der Waals surface area contributed by atoms with Gasteiger partial charge in [0.05, 0.1) is 5.69 Å². The van der Waals surface area contributed by atoms with Crippen molar-refractivity contribution < 1.29 is 5.21 Å². The largest absolute Gasteiger partial charge is 0.429 e. The van der Waals surface area contributed by atoms with Crippen LogP contribution >= 0.6 is 0 Å². The SMILES string of the molecule is Cc1ccn(O)c1C(C)C. The summed E-state index contributed by atoms with van der Waals surface area (Å²) in [5.41, 5.74) is 2.15. The van der Waals surface area contributed by atoms with Crippen molar-refractivity contribution in [1.82, 2.24) is 4.73 Å². The first-order valence-electron chi connectivity index (χ1n) is 3.50. The van der Waals surface area contributed by atoms with E-state index in [1.807, 2.05) is 13.0 Å². The molecule has 0 unspecified atom stereocenters. The Bertz CT molecular complexity index is 206. The molecule has 0 aliphatic carbocycles.